The number of nitrogens with one attached hydrogen (secondary N) is 2. The van der Waals surface area contributed by atoms with E-state index >= 15 is 0 Å². The van der Waals surface area contributed by atoms with Crippen LogP contribution in [0, 0.1) is 40.9 Å². The van der Waals surface area contributed by atoms with Crippen LogP contribution in [0.25, 0.3) is 0 Å². The summed E-state index contributed by atoms with van der Waals surface area (Å²) < 4.78 is 0. The number of benzene rings is 1. The molecule has 0 bridgehead atoms. The molecule has 0 unspecified atom stereocenters. The molecule has 7 heteroatoms. The van der Waals surface area contributed by atoms with Crippen molar-refractivity contribution in [1.82, 2.24) is 10.6 Å². The normalized spacial score (nSPS) is 19.5. The second-order valence-electron chi connectivity index (χ2n) is 7.05. The molecule has 0 aliphatic carbocycles. The lowest BCUT2D eigenvalue weighted by Crippen LogP contribution is -2.45. The van der Waals surface area contributed by atoms with E-state index in [4.69, 9.17) is 0 Å². The maximum atomic E-state index is 12.4. The van der Waals surface area contributed by atoms with Crippen LogP contribution in [0.3, 0.4) is 0 Å². The second kappa shape index (κ2) is 8.28. The standard InChI is InChI=1S/C20H22N4O2S/c1-12-5-7-14(8-6-12)11-23-17(25)13(2)27-19-16(10-22)20(3,4)15(9-21)18(26)24-19/h5-8,13,15H,11H2,1-4H3,(H,23,25)(H,24,26)/t13-,15-/m1/s1. The van der Waals surface area contributed by atoms with Crippen LogP contribution in [0.1, 0.15) is 31.9 Å². The third kappa shape index (κ3) is 4.50. The average Bonchev–Trinajstić information content (AvgIpc) is 2.60. The molecule has 0 aromatic heterocycles. The van der Waals surface area contributed by atoms with Gasteiger partial charge in [-0.3, -0.25) is 9.59 Å². The summed E-state index contributed by atoms with van der Waals surface area (Å²) in [6.45, 7) is 7.51. The third-order valence-corrected chi connectivity index (χ3v) is 5.69. The number of hydrogen-bond donors (Lipinski definition) is 2. The minimum absolute atomic E-state index is 0.195. The Labute approximate surface area is 163 Å². The topological polar surface area (TPSA) is 106 Å². The number of rotatable bonds is 5. The van der Waals surface area contributed by atoms with Gasteiger partial charge >= 0.3 is 0 Å². The Balaban J connectivity index is 2.10. The number of carbonyl (C=O) groups excluding carboxylic acids is 2. The van der Waals surface area contributed by atoms with Gasteiger partial charge in [-0.2, -0.15) is 10.5 Å². The SMILES string of the molecule is Cc1ccc(CNC(=O)[C@@H](C)SC2=C(C#N)C(C)(C)[C@H](C#N)C(=O)N2)cc1. The number of allylic oxidation sites excluding steroid dienone is 1. The zero-order valence-electron chi connectivity index (χ0n) is 15.8. The summed E-state index contributed by atoms with van der Waals surface area (Å²) >= 11 is 1.12. The van der Waals surface area contributed by atoms with Gasteiger partial charge in [0.15, 0.2) is 0 Å². The smallest absolute Gasteiger partial charge is 0.243 e. The van der Waals surface area contributed by atoms with Crippen molar-refractivity contribution in [1.29, 1.82) is 10.5 Å². The lowest BCUT2D eigenvalue weighted by Gasteiger charge is -2.35. The minimum atomic E-state index is -0.942. The molecule has 0 radical (unpaired) electrons. The molecule has 0 saturated heterocycles. The van der Waals surface area contributed by atoms with Crippen LogP contribution in [0.2, 0.25) is 0 Å². The molecular formula is C20H22N4O2S. The van der Waals surface area contributed by atoms with Gasteiger partial charge in [0.25, 0.3) is 0 Å². The predicted molar refractivity (Wildman–Crippen MR) is 104 cm³/mol. The van der Waals surface area contributed by atoms with Crippen LogP contribution in [-0.2, 0) is 16.1 Å². The van der Waals surface area contributed by atoms with Crippen molar-refractivity contribution in [3.05, 3.63) is 46.0 Å². The van der Waals surface area contributed by atoms with Crippen molar-refractivity contribution >= 4 is 23.6 Å². The fraction of sp³-hybridized carbons (Fsp3) is 0.400. The summed E-state index contributed by atoms with van der Waals surface area (Å²) in [6, 6.07) is 11.9. The van der Waals surface area contributed by atoms with Crippen molar-refractivity contribution in [3.8, 4) is 12.1 Å². The molecule has 1 aliphatic rings. The molecular weight excluding hydrogens is 360 g/mol. The zero-order chi connectivity index (χ0) is 20.2. The van der Waals surface area contributed by atoms with Crippen LogP contribution in [0.5, 0.6) is 0 Å². The molecule has 1 heterocycles. The summed E-state index contributed by atoms with van der Waals surface area (Å²) in [5.41, 5.74) is 1.55. The van der Waals surface area contributed by atoms with Crippen molar-refractivity contribution in [2.45, 2.75) is 39.5 Å². The highest BCUT2D eigenvalue weighted by molar-refractivity contribution is 8.04. The summed E-state index contributed by atoms with van der Waals surface area (Å²) in [4.78, 5) is 24.6. The Bertz CT molecular complexity index is 859. The maximum absolute atomic E-state index is 12.4. The minimum Gasteiger partial charge on any atom is -0.351 e. The lowest BCUT2D eigenvalue weighted by atomic mass is 9.72. The van der Waals surface area contributed by atoms with Gasteiger partial charge in [0.2, 0.25) is 11.8 Å². The molecule has 0 saturated carbocycles. The highest BCUT2D eigenvalue weighted by Crippen LogP contribution is 2.42. The highest BCUT2D eigenvalue weighted by atomic mass is 32.2. The van der Waals surface area contributed by atoms with Gasteiger partial charge in [0.05, 0.1) is 28.0 Å². The molecule has 6 nitrogen and oxygen atoms in total. The molecule has 27 heavy (non-hydrogen) atoms. The Morgan fingerprint density at radius 3 is 2.52 bits per heavy atom. The number of aryl methyl sites for hydroxylation is 1. The molecule has 2 amide bonds. The van der Waals surface area contributed by atoms with Crippen molar-refractivity contribution in [2.75, 3.05) is 0 Å². The summed E-state index contributed by atoms with van der Waals surface area (Å²) in [5, 5.41) is 24.1. The summed E-state index contributed by atoms with van der Waals surface area (Å²) in [7, 11) is 0. The zero-order valence-corrected chi connectivity index (χ0v) is 16.6. The molecule has 2 N–H and O–H groups in total. The van der Waals surface area contributed by atoms with Crippen LogP contribution in [-0.4, -0.2) is 17.1 Å². The number of thioether (sulfide) groups is 1. The molecule has 1 aromatic carbocycles. The summed E-state index contributed by atoms with van der Waals surface area (Å²) in [5.74, 6) is -1.58. The molecule has 2 rings (SSSR count). The summed E-state index contributed by atoms with van der Waals surface area (Å²) in [6.07, 6.45) is 0. The first-order chi connectivity index (χ1) is 12.7. The van der Waals surface area contributed by atoms with E-state index in [0.717, 1.165) is 22.9 Å². The fourth-order valence-electron chi connectivity index (χ4n) is 2.78. The van der Waals surface area contributed by atoms with Gasteiger partial charge in [-0.25, -0.2) is 0 Å². The molecule has 140 valence electrons. The van der Waals surface area contributed by atoms with Gasteiger partial charge in [0, 0.05) is 12.0 Å². The first-order valence-corrected chi connectivity index (χ1v) is 9.44. The molecule has 0 fully saturated rings. The Morgan fingerprint density at radius 1 is 1.33 bits per heavy atom. The van der Waals surface area contributed by atoms with E-state index in [9.17, 15) is 20.1 Å². The van der Waals surface area contributed by atoms with E-state index in [1.165, 1.54) is 0 Å². The van der Waals surface area contributed by atoms with E-state index in [-0.39, 0.29) is 5.91 Å². The third-order valence-electron chi connectivity index (χ3n) is 4.58. The maximum Gasteiger partial charge on any atom is 0.243 e. The van der Waals surface area contributed by atoms with Crippen molar-refractivity contribution in [3.63, 3.8) is 0 Å². The fourth-order valence-corrected chi connectivity index (χ4v) is 3.91. The number of nitrogens with zero attached hydrogens (tertiary/aromatic N) is 2. The first-order valence-electron chi connectivity index (χ1n) is 8.56. The van der Waals surface area contributed by atoms with Crippen molar-refractivity contribution < 1.29 is 9.59 Å². The van der Waals surface area contributed by atoms with Gasteiger partial charge in [-0.05, 0) is 19.4 Å². The van der Waals surface area contributed by atoms with Crippen molar-refractivity contribution in [2.24, 2.45) is 11.3 Å². The van der Waals surface area contributed by atoms with E-state index in [0.29, 0.717) is 17.1 Å². The van der Waals surface area contributed by atoms with Gasteiger partial charge < -0.3 is 10.6 Å². The first kappa shape index (κ1) is 20.5. The van der Waals surface area contributed by atoms with E-state index in [2.05, 4.69) is 16.7 Å². The number of hydrogen-bond acceptors (Lipinski definition) is 5. The number of amides is 2. The number of nitriles is 2. The largest absolute Gasteiger partial charge is 0.351 e. The molecule has 0 spiro atoms. The Kier molecular flexibility index (Phi) is 6.30. The highest BCUT2D eigenvalue weighted by Gasteiger charge is 2.45. The van der Waals surface area contributed by atoms with Crippen LogP contribution >= 0.6 is 11.8 Å². The van der Waals surface area contributed by atoms with Crippen LogP contribution in [0.4, 0.5) is 0 Å². The second-order valence-corrected chi connectivity index (χ2v) is 8.40. The molecule has 1 aromatic rings. The van der Waals surface area contributed by atoms with Gasteiger partial charge in [0.1, 0.15) is 5.92 Å². The van der Waals surface area contributed by atoms with E-state index in [1.54, 1.807) is 20.8 Å². The predicted octanol–water partition coefficient (Wildman–Crippen LogP) is 2.76. The van der Waals surface area contributed by atoms with E-state index < -0.39 is 22.5 Å². The van der Waals surface area contributed by atoms with E-state index in [1.807, 2.05) is 37.3 Å². The van der Waals surface area contributed by atoms with Gasteiger partial charge in [-0.1, -0.05) is 55.4 Å². The van der Waals surface area contributed by atoms with Crippen LogP contribution in [0.15, 0.2) is 34.9 Å². The Hall–Kier alpha value is -2.77. The lowest BCUT2D eigenvalue weighted by molar-refractivity contribution is -0.125. The molecule has 2 atom stereocenters. The monoisotopic (exact) mass is 382 g/mol. The molecule has 1 aliphatic heterocycles. The Morgan fingerprint density at radius 2 is 1.96 bits per heavy atom. The average molecular weight is 382 g/mol. The van der Waals surface area contributed by atoms with Crippen LogP contribution < -0.4 is 10.6 Å². The number of carbonyl (C=O) groups is 2. The van der Waals surface area contributed by atoms with Gasteiger partial charge in [-0.15, -0.1) is 0 Å². The quantitative estimate of drug-likeness (QED) is 0.814.